The number of phenolic OH excluding ortho intramolecular Hbond substituents is 1. The normalized spacial score (nSPS) is 15.6. The maximum absolute atomic E-state index is 10.8. The van der Waals surface area contributed by atoms with Gasteiger partial charge in [-0.05, 0) is 24.6 Å². The predicted octanol–water partition coefficient (Wildman–Crippen LogP) is 0.737. The quantitative estimate of drug-likeness (QED) is 0.665. The summed E-state index contributed by atoms with van der Waals surface area (Å²) in [6.45, 7) is -0.386. The number of phenols is 1. The zero-order valence-electron chi connectivity index (χ0n) is 8.60. The molecule has 4 N–H and O–H groups in total. The lowest BCUT2D eigenvalue weighted by Gasteiger charge is -2.18. The largest absolute Gasteiger partial charge is 0.508 e. The molecule has 0 fully saturated rings. The Morgan fingerprint density at radius 1 is 1.57 bits per heavy atom. The van der Waals surface area contributed by atoms with Crippen LogP contribution in [0.2, 0.25) is 0 Å². The van der Waals surface area contributed by atoms with Gasteiger partial charge in [-0.3, -0.25) is 4.79 Å². The first-order valence-corrected chi connectivity index (χ1v) is 4.07. The third-order valence-electron chi connectivity index (χ3n) is 1.88. The summed E-state index contributed by atoms with van der Waals surface area (Å²) in [7, 11) is 0. The van der Waals surface area contributed by atoms with E-state index in [9.17, 15) is 4.79 Å². The molecule has 0 aliphatic rings. The first-order chi connectivity index (χ1) is 6.98. The van der Waals surface area contributed by atoms with Crippen molar-refractivity contribution in [1.29, 1.82) is 0 Å². The van der Waals surface area contributed by atoms with Crippen LogP contribution in [0.4, 0.5) is 0 Å². The summed E-state index contributed by atoms with van der Waals surface area (Å²) in [5, 5.41) is 17.9. The highest BCUT2D eigenvalue weighted by atomic mass is 16.4. The molecule has 0 amide bonds. The number of hydrogen-bond donors (Lipinski definition) is 3. The third kappa shape index (κ3) is 2.47. The van der Waals surface area contributed by atoms with Crippen LogP contribution in [-0.4, -0.2) is 21.7 Å². The van der Waals surface area contributed by atoms with Crippen LogP contribution in [0.5, 0.6) is 5.75 Å². The number of rotatable bonds is 3. The summed E-state index contributed by atoms with van der Waals surface area (Å²) < 4.78 is 7.12. The minimum absolute atomic E-state index is 0.0755. The lowest BCUT2D eigenvalue weighted by atomic mass is 9.94. The summed E-state index contributed by atoms with van der Waals surface area (Å²) in [4.78, 5) is 10.8. The monoisotopic (exact) mass is 196 g/mol. The van der Waals surface area contributed by atoms with E-state index >= 15 is 0 Å². The van der Waals surface area contributed by atoms with Crippen molar-refractivity contribution in [3.63, 3.8) is 0 Å². The highest BCUT2D eigenvalue weighted by Crippen LogP contribution is 2.14. The number of aromatic hydroxyl groups is 1. The van der Waals surface area contributed by atoms with Crippen molar-refractivity contribution >= 4 is 5.97 Å². The Morgan fingerprint density at radius 3 is 2.57 bits per heavy atom. The summed E-state index contributed by atoms with van der Waals surface area (Å²) in [5.74, 6) is -1.08. The molecular formula is C10H13NO3. The smallest absolute Gasteiger partial charge is 0.323 e. The van der Waals surface area contributed by atoms with E-state index in [0.29, 0.717) is 5.56 Å². The van der Waals surface area contributed by atoms with Gasteiger partial charge in [-0.2, -0.15) is 0 Å². The zero-order chi connectivity index (χ0) is 11.5. The van der Waals surface area contributed by atoms with Crippen molar-refractivity contribution in [2.24, 2.45) is 5.73 Å². The van der Waals surface area contributed by atoms with E-state index in [1.807, 2.05) is 0 Å². The van der Waals surface area contributed by atoms with Crippen LogP contribution in [0.25, 0.3) is 0 Å². The van der Waals surface area contributed by atoms with Gasteiger partial charge < -0.3 is 15.9 Å². The molecule has 1 aromatic rings. The molecule has 0 spiro atoms. The van der Waals surface area contributed by atoms with E-state index in [1.54, 1.807) is 12.1 Å². The van der Waals surface area contributed by atoms with Gasteiger partial charge in [0.05, 0.1) is 0 Å². The number of aliphatic carboxylic acids is 1. The fraction of sp³-hybridized carbons (Fsp3) is 0.300. The molecule has 4 nitrogen and oxygen atoms in total. The van der Waals surface area contributed by atoms with E-state index in [0.717, 1.165) is 0 Å². The van der Waals surface area contributed by atoms with E-state index in [2.05, 4.69) is 0 Å². The van der Waals surface area contributed by atoms with Crippen LogP contribution in [0, 0.1) is 0 Å². The first kappa shape index (κ1) is 9.02. The highest BCUT2D eigenvalue weighted by molar-refractivity contribution is 5.78. The number of carboxylic acids is 1. The van der Waals surface area contributed by atoms with E-state index in [4.69, 9.17) is 17.3 Å². The summed E-state index contributed by atoms with van der Waals surface area (Å²) in [6.07, 6.45) is 0.0755. The van der Waals surface area contributed by atoms with Crippen LogP contribution in [0.3, 0.4) is 0 Å². The fourth-order valence-electron chi connectivity index (χ4n) is 1.05. The first-order valence-electron chi connectivity index (χ1n) is 4.78. The summed E-state index contributed by atoms with van der Waals surface area (Å²) >= 11 is 0. The highest BCUT2D eigenvalue weighted by Gasteiger charge is 2.27. The predicted molar refractivity (Wildman–Crippen MR) is 52.0 cm³/mol. The molecule has 1 atom stereocenters. The molecule has 0 unspecified atom stereocenters. The van der Waals surface area contributed by atoms with Crippen LogP contribution in [0.1, 0.15) is 13.8 Å². The van der Waals surface area contributed by atoms with E-state index < -0.39 is 11.5 Å². The van der Waals surface area contributed by atoms with Crippen molar-refractivity contribution < 1.29 is 16.4 Å². The molecule has 0 aromatic heterocycles. The molecule has 0 heterocycles. The average Bonchev–Trinajstić information content (AvgIpc) is 2.21. The van der Waals surface area contributed by atoms with Gasteiger partial charge >= 0.3 is 5.97 Å². The Hall–Kier alpha value is -1.55. The number of nitrogens with two attached hydrogens (primary N) is 1. The second-order valence-corrected chi connectivity index (χ2v) is 3.30. The second-order valence-electron chi connectivity index (χ2n) is 3.30. The van der Waals surface area contributed by atoms with Gasteiger partial charge in [-0.15, -0.1) is 0 Å². The van der Waals surface area contributed by atoms with E-state index in [-0.39, 0.29) is 19.1 Å². The molecule has 0 bridgehead atoms. The van der Waals surface area contributed by atoms with E-state index in [1.165, 1.54) is 12.1 Å². The Labute approximate surface area is 83.4 Å². The lowest BCUT2D eigenvalue weighted by Crippen LogP contribution is -2.46. The molecule has 1 rings (SSSR count). The Balaban J connectivity index is 2.84. The minimum Gasteiger partial charge on any atom is -0.508 e. The fourth-order valence-corrected chi connectivity index (χ4v) is 1.05. The minimum atomic E-state index is -1.56. The lowest BCUT2D eigenvalue weighted by molar-refractivity contribution is -0.142. The van der Waals surface area contributed by atoms with Gasteiger partial charge in [-0.25, -0.2) is 0 Å². The van der Waals surface area contributed by atoms with Crippen molar-refractivity contribution in [3.8, 4) is 5.75 Å². The summed E-state index contributed by atoms with van der Waals surface area (Å²) in [5.41, 5.74) is 4.69. The number of benzene rings is 1. The molecule has 76 valence electrons. The second kappa shape index (κ2) is 3.67. The van der Waals surface area contributed by atoms with Gasteiger partial charge in [0.1, 0.15) is 11.3 Å². The van der Waals surface area contributed by atoms with Crippen molar-refractivity contribution in [2.45, 2.75) is 18.9 Å². The van der Waals surface area contributed by atoms with Crippen molar-refractivity contribution in [3.05, 3.63) is 29.8 Å². The van der Waals surface area contributed by atoms with Gasteiger partial charge in [0.2, 0.25) is 0 Å². The van der Waals surface area contributed by atoms with Crippen LogP contribution in [-0.2, 0) is 11.2 Å². The number of carboxylic acid groups (broad SMARTS) is 1. The van der Waals surface area contributed by atoms with Crippen LogP contribution >= 0.6 is 0 Å². The molecule has 0 aliphatic heterocycles. The molecule has 0 saturated carbocycles. The Morgan fingerprint density at radius 2 is 2.14 bits per heavy atom. The zero-order valence-corrected chi connectivity index (χ0v) is 7.60. The van der Waals surface area contributed by atoms with Crippen molar-refractivity contribution in [2.75, 3.05) is 0 Å². The third-order valence-corrected chi connectivity index (χ3v) is 1.88. The molecule has 0 aliphatic carbocycles. The molecule has 14 heavy (non-hydrogen) atoms. The number of carbonyl (C=O) groups is 1. The Kier molecular flexibility index (Phi) is 2.37. The van der Waals surface area contributed by atoms with Gasteiger partial charge in [0.25, 0.3) is 0 Å². The van der Waals surface area contributed by atoms with Crippen molar-refractivity contribution in [1.82, 2.24) is 0 Å². The van der Waals surface area contributed by atoms with Crippen LogP contribution in [0.15, 0.2) is 24.3 Å². The maximum Gasteiger partial charge on any atom is 0.323 e. The van der Waals surface area contributed by atoms with Crippen LogP contribution < -0.4 is 5.73 Å². The molecule has 4 heteroatoms. The van der Waals surface area contributed by atoms with Gasteiger partial charge in [0.15, 0.2) is 0 Å². The summed E-state index contributed by atoms with van der Waals surface area (Å²) in [6, 6.07) is 6.11. The topological polar surface area (TPSA) is 83.5 Å². The molecule has 1 aromatic carbocycles. The SMILES string of the molecule is [2H]C[C@](N)(Cc1ccc(O)cc1)C(=O)O. The molecule has 0 radical (unpaired) electrons. The average molecular weight is 196 g/mol. The number of hydrogen-bond acceptors (Lipinski definition) is 3. The maximum atomic E-state index is 10.8. The van der Waals surface area contributed by atoms with Gasteiger partial charge in [-0.1, -0.05) is 12.1 Å². The Bertz CT molecular complexity index is 352. The molecule has 0 saturated heterocycles. The van der Waals surface area contributed by atoms with Gasteiger partial charge in [0, 0.05) is 7.79 Å². The molecular weight excluding hydrogens is 182 g/mol. The standard InChI is InChI=1S/C10H13NO3/c1-10(11,9(13)14)6-7-2-4-8(12)5-3-7/h2-5,12H,6,11H2,1H3,(H,13,14)/t10-/m0/s1/i1D.